The molecule has 1 aliphatic heterocycles. The van der Waals surface area contributed by atoms with Crippen LogP contribution in [-0.4, -0.2) is 18.3 Å². The summed E-state index contributed by atoms with van der Waals surface area (Å²) < 4.78 is 5.16. The van der Waals surface area contributed by atoms with Crippen LogP contribution in [0.5, 0.6) is 0 Å². The average Bonchev–Trinajstić information content (AvgIpc) is 2.55. The van der Waals surface area contributed by atoms with Crippen molar-refractivity contribution >= 4 is 0 Å². The molecule has 1 fully saturated rings. The molecule has 0 bridgehead atoms. The van der Waals surface area contributed by atoms with Crippen molar-refractivity contribution in [3.8, 4) is 0 Å². The first-order valence-electron chi connectivity index (χ1n) is 4.17. The summed E-state index contributed by atoms with van der Waals surface area (Å²) in [6.07, 6.45) is 0.705. The highest BCUT2D eigenvalue weighted by Crippen LogP contribution is 2.29. The molecular weight excluding hydrogens is 152 g/mol. The van der Waals surface area contributed by atoms with Gasteiger partial charge in [0.1, 0.15) is 5.60 Å². The van der Waals surface area contributed by atoms with Crippen molar-refractivity contribution in [2.45, 2.75) is 12.0 Å². The van der Waals surface area contributed by atoms with Crippen LogP contribution in [0.2, 0.25) is 0 Å². The van der Waals surface area contributed by atoms with E-state index in [1.165, 1.54) is 0 Å². The monoisotopic (exact) mass is 164 g/mol. The lowest BCUT2D eigenvalue weighted by atomic mass is 9.93. The fourth-order valence-electron chi connectivity index (χ4n) is 1.53. The minimum absolute atomic E-state index is 0.428. The molecule has 1 atom stereocenters. The number of hydrogen-bond acceptors (Lipinski definition) is 2. The molecule has 0 aromatic heterocycles. The summed E-state index contributed by atoms with van der Waals surface area (Å²) in [6.45, 7) is 1.09. The second-order valence-electron chi connectivity index (χ2n) is 3.20. The highest BCUT2D eigenvalue weighted by molar-refractivity contribution is 5.23. The maximum absolute atomic E-state index is 10.0. The van der Waals surface area contributed by atoms with E-state index in [-0.39, 0.29) is 0 Å². The molecule has 0 saturated carbocycles. The van der Waals surface area contributed by atoms with Crippen molar-refractivity contribution in [2.75, 3.05) is 13.2 Å². The van der Waals surface area contributed by atoms with Gasteiger partial charge in [-0.05, 0) is 5.56 Å². The van der Waals surface area contributed by atoms with Gasteiger partial charge in [-0.3, -0.25) is 0 Å². The van der Waals surface area contributed by atoms with E-state index in [1.54, 1.807) is 0 Å². The van der Waals surface area contributed by atoms with Crippen LogP contribution in [0.1, 0.15) is 12.0 Å². The van der Waals surface area contributed by atoms with Crippen LogP contribution in [0.3, 0.4) is 0 Å². The van der Waals surface area contributed by atoms with Gasteiger partial charge in [0.25, 0.3) is 0 Å². The Morgan fingerprint density at radius 1 is 1.25 bits per heavy atom. The van der Waals surface area contributed by atoms with Gasteiger partial charge >= 0.3 is 0 Å². The zero-order valence-electron chi connectivity index (χ0n) is 6.86. The molecule has 2 heteroatoms. The van der Waals surface area contributed by atoms with Crippen LogP contribution in [0.4, 0.5) is 0 Å². The zero-order chi connectivity index (χ0) is 8.44. The van der Waals surface area contributed by atoms with E-state index in [2.05, 4.69) is 0 Å². The summed E-state index contributed by atoms with van der Waals surface area (Å²) >= 11 is 0. The van der Waals surface area contributed by atoms with Crippen LogP contribution in [-0.2, 0) is 10.3 Å². The number of aliphatic hydroxyl groups is 1. The fourth-order valence-corrected chi connectivity index (χ4v) is 1.53. The Bertz CT molecular complexity index is 250. The number of ether oxygens (including phenoxy) is 1. The number of rotatable bonds is 1. The van der Waals surface area contributed by atoms with Gasteiger partial charge in [0.2, 0.25) is 0 Å². The van der Waals surface area contributed by atoms with E-state index in [9.17, 15) is 5.11 Å². The van der Waals surface area contributed by atoms with Crippen molar-refractivity contribution in [3.63, 3.8) is 0 Å². The smallest absolute Gasteiger partial charge is 0.115 e. The Morgan fingerprint density at radius 3 is 2.58 bits per heavy atom. The third-order valence-electron chi connectivity index (χ3n) is 2.31. The van der Waals surface area contributed by atoms with E-state index >= 15 is 0 Å². The highest BCUT2D eigenvalue weighted by atomic mass is 16.5. The molecule has 0 radical (unpaired) electrons. The second-order valence-corrected chi connectivity index (χ2v) is 3.20. The summed E-state index contributed by atoms with van der Waals surface area (Å²) in [4.78, 5) is 0. The number of hydrogen-bond donors (Lipinski definition) is 1. The van der Waals surface area contributed by atoms with Gasteiger partial charge in [-0.2, -0.15) is 0 Å². The van der Waals surface area contributed by atoms with Crippen LogP contribution < -0.4 is 0 Å². The first-order chi connectivity index (χ1) is 5.81. The van der Waals surface area contributed by atoms with Crippen LogP contribution >= 0.6 is 0 Å². The second kappa shape index (κ2) is 2.88. The fraction of sp³-hybridized carbons (Fsp3) is 0.400. The summed E-state index contributed by atoms with van der Waals surface area (Å²) in [5.74, 6) is 0. The van der Waals surface area contributed by atoms with Gasteiger partial charge in [0, 0.05) is 13.0 Å². The lowest BCUT2D eigenvalue weighted by molar-refractivity contribution is 0.0232. The van der Waals surface area contributed by atoms with Gasteiger partial charge in [0.15, 0.2) is 0 Å². The van der Waals surface area contributed by atoms with Crippen molar-refractivity contribution in [2.24, 2.45) is 0 Å². The largest absolute Gasteiger partial charge is 0.383 e. The highest BCUT2D eigenvalue weighted by Gasteiger charge is 2.33. The SMILES string of the molecule is OC1(c2ccccc2)CCOC1. The van der Waals surface area contributed by atoms with Crippen LogP contribution in [0, 0.1) is 0 Å². The van der Waals surface area contributed by atoms with Gasteiger partial charge in [0.05, 0.1) is 6.61 Å². The molecule has 64 valence electrons. The molecule has 1 aromatic carbocycles. The van der Waals surface area contributed by atoms with Gasteiger partial charge in [-0.25, -0.2) is 0 Å². The Morgan fingerprint density at radius 2 is 2.00 bits per heavy atom. The molecular formula is C10H12O2. The molecule has 0 spiro atoms. The quantitative estimate of drug-likeness (QED) is 0.677. The zero-order valence-corrected chi connectivity index (χ0v) is 6.86. The molecule has 1 heterocycles. The molecule has 0 amide bonds. The third kappa shape index (κ3) is 1.24. The summed E-state index contributed by atoms with van der Waals surface area (Å²) in [7, 11) is 0. The van der Waals surface area contributed by atoms with Crippen molar-refractivity contribution in [1.29, 1.82) is 0 Å². The minimum atomic E-state index is -0.735. The maximum atomic E-state index is 10.0. The van der Waals surface area contributed by atoms with E-state index in [0.29, 0.717) is 19.6 Å². The Balaban J connectivity index is 2.29. The molecule has 1 unspecified atom stereocenters. The predicted molar refractivity (Wildman–Crippen MR) is 45.8 cm³/mol. The topological polar surface area (TPSA) is 29.5 Å². The Hall–Kier alpha value is -0.860. The van der Waals surface area contributed by atoms with E-state index in [0.717, 1.165) is 5.56 Å². The molecule has 1 saturated heterocycles. The standard InChI is InChI=1S/C10H12O2/c11-10(6-7-12-8-10)9-4-2-1-3-5-9/h1-5,11H,6-8H2. The predicted octanol–water partition coefficient (Wildman–Crippen LogP) is 1.29. The lowest BCUT2D eigenvalue weighted by Crippen LogP contribution is -2.25. The van der Waals surface area contributed by atoms with Crippen molar-refractivity contribution < 1.29 is 9.84 Å². The summed E-state index contributed by atoms with van der Waals surface area (Å²) in [5, 5.41) is 10.0. The van der Waals surface area contributed by atoms with Crippen LogP contribution in [0.25, 0.3) is 0 Å². The lowest BCUT2D eigenvalue weighted by Gasteiger charge is -2.20. The van der Waals surface area contributed by atoms with Crippen LogP contribution in [0.15, 0.2) is 30.3 Å². The molecule has 2 nitrogen and oxygen atoms in total. The van der Waals surface area contributed by atoms with E-state index in [4.69, 9.17) is 4.74 Å². The van der Waals surface area contributed by atoms with E-state index in [1.807, 2.05) is 30.3 Å². The Kier molecular flexibility index (Phi) is 1.87. The third-order valence-corrected chi connectivity index (χ3v) is 2.31. The molecule has 1 aliphatic rings. The van der Waals surface area contributed by atoms with E-state index < -0.39 is 5.60 Å². The minimum Gasteiger partial charge on any atom is -0.383 e. The summed E-state index contributed by atoms with van der Waals surface area (Å²) in [6, 6.07) is 9.70. The summed E-state index contributed by atoms with van der Waals surface area (Å²) in [5.41, 5.74) is 0.226. The van der Waals surface area contributed by atoms with Crippen molar-refractivity contribution in [1.82, 2.24) is 0 Å². The first-order valence-corrected chi connectivity index (χ1v) is 4.17. The Labute approximate surface area is 71.8 Å². The maximum Gasteiger partial charge on any atom is 0.115 e. The normalized spacial score (nSPS) is 29.1. The molecule has 0 aliphatic carbocycles. The molecule has 2 rings (SSSR count). The first kappa shape index (κ1) is 7.77. The van der Waals surface area contributed by atoms with Gasteiger partial charge in [-0.1, -0.05) is 30.3 Å². The van der Waals surface area contributed by atoms with Gasteiger partial charge in [-0.15, -0.1) is 0 Å². The van der Waals surface area contributed by atoms with Gasteiger partial charge < -0.3 is 9.84 Å². The molecule has 12 heavy (non-hydrogen) atoms. The average molecular weight is 164 g/mol. The van der Waals surface area contributed by atoms with Crippen molar-refractivity contribution in [3.05, 3.63) is 35.9 Å². The molecule has 1 N–H and O–H groups in total. The number of benzene rings is 1. The molecule has 1 aromatic rings.